The second-order valence-electron chi connectivity index (χ2n) is 8.62. The van der Waals surface area contributed by atoms with E-state index in [1.807, 2.05) is 72.5 Å². The Morgan fingerprint density at radius 3 is 1.97 bits per heavy atom. The van der Waals surface area contributed by atoms with E-state index in [1.54, 1.807) is 0 Å². The number of carbonyl (C=O) groups excluding carboxylic acids is 2. The molecule has 0 unspecified atom stereocenters. The molecule has 1 aliphatic heterocycles. The van der Waals surface area contributed by atoms with Gasteiger partial charge in [0.15, 0.2) is 0 Å². The number of benzene rings is 2. The molecule has 1 heterocycles. The maximum absolute atomic E-state index is 13.9. The van der Waals surface area contributed by atoms with Crippen molar-refractivity contribution in [3.05, 3.63) is 83.9 Å². The van der Waals surface area contributed by atoms with Crippen molar-refractivity contribution < 1.29 is 9.59 Å². The molecule has 29 heavy (non-hydrogen) atoms. The molecule has 5 rings (SSSR count). The van der Waals surface area contributed by atoms with E-state index in [2.05, 4.69) is 19.1 Å². The summed E-state index contributed by atoms with van der Waals surface area (Å²) in [6, 6.07) is 19.3. The molecule has 1 saturated heterocycles. The Morgan fingerprint density at radius 2 is 1.45 bits per heavy atom. The van der Waals surface area contributed by atoms with Gasteiger partial charge in [0, 0.05) is 5.92 Å². The van der Waals surface area contributed by atoms with Crippen LogP contribution in [0.5, 0.6) is 0 Å². The van der Waals surface area contributed by atoms with Gasteiger partial charge in [-0.3, -0.25) is 9.69 Å². The smallest absolute Gasteiger partial charge is 0.302 e. The molecule has 1 spiro atoms. The average Bonchev–Trinajstić information content (AvgIpc) is 3.42. The highest BCUT2D eigenvalue weighted by Gasteiger charge is 2.66. The maximum Gasteiger partial charge on any atom is 0.328 e. The first-order valence-corrected chi connectivity index (χ1v) is 10.5. The van der Waals surface area contributed by atoms with Gasteiger partial charge in [0.25, 0.3) is 5.91 Å². The second-order valence-corrected chi connectivity index (χ2v) is 8.62. The summed E-state index contributed by atoms with van der Waals surface area (Å²) in [6.07, 6.45) is 6.08. The van der Waals surface area contributed by atoms with Crippen LogP contribution in [0.3, 0.4) is 0 Å². The Bertz CT molecular complexity index is 971. The summed E-state index contributed by atoms with van der Waals surface area (Å²) < 4.78 is 0. The highest BCUT2D eigenvalue weighted by molar-refractivity contribution is 6.08. The molecule has 3 amide bonds. The van der Waals surface area contributed by atoms with E-state index >= 15 is 0 Å². The molecule has 2 bridgehead atoms. The number of allylic oxidation sites excluding steroid dienone is 1. The molecule has 0 aromatic heterocycles. The molecule has 5 atom stereocenters. The fourth-order valence-corrected chi connectivity index (χ4v) is 5.65. The molecule has 3 aliphatic rings. The molecule has 4 nitrogen and oxygen atoms in total. The summed E-state index contributed by atoms with van der Waals surface area (Å²) in [6.45, 7) is 4.01. The van der Waals surface area contributed by atoms with Gasteiger partial charge in [-0.05, 0) is 43.7 Å². The summed E-state index contributed by atoms with van der Waals surface area (Å²) in [4.78, 5) is 31.1. The number of rotatable bonds is 4. The number of nitrogens with zero attached hydrogens (tertiary/aromatic N) is 2. The number of fused-ring (bicyclic) bond motifs is 3. The van der Waals surface area contributed by atoms with Crippen LogP contribution in [0.2, 0.25) is 0 Å². The van der Waals surface area contributed by atoms with Crippen molar-refractivity contribution in [2.24, 2.45) is 11.8 Å². The van der Waals surface area contributed by atoms with Crippen LogP contribution < -0.4 is 0 Å². The monoisotopic (exact) mass is 386 g/mol. The number of imide groups is 1. The first-order valence-electron chi connectivity index (χ1n) is 10.5. The molecular formula is C25H26N2O2. The van der Waals surface area contributed by atoms with Crippen molar-refractivity contribution in [2.45, 2.75) is 44.3 Å². The summed E-state index contributed by atoms with van der Waals surface area (Å²) in [5, 5.41) is 0. The highest BCUT2D eigenvalue weighted by Crippen LogP contribution is 2.56. The lowest BCUT2D eigenvalue weighted by Crippen LogP contribution is -2.53. The zero-order valence-corrected chi connectivity index (χ0v) is 16.9. The quantitative estimate of drug-likeness (QED) is 0.541. The third-order valence-corrected chi connectivity index (χ3v) is 7.13. The molecule has 1 saturated carbocycles. The van der Waals surface area contributed by atoms with Crippen LogP contribution in [0.1, 0.15) is 49.9 Å². The van der Waals surface area contributed by atoms with Gasteiger partial charge < -0.3 is 4.90 Å². The minimum Gasteiger partial charge on any atom is -0.302 e. The Morgan fingerprint density at radius 1 is 0.862 bits per heavy atom. The van der Waals surface area contributed by atoms with Crippen molar-refractivity contribution in [2.75, 3.05) is 0 Å². The largest absolute Gasteiger partial charge is 0.328 e. The van der Waals surface area contributed by atoms with Crippen molar-refractivity contribution in [1.82, 2.24) is 9.80 Å². The van der Waals surface area contributed by atoms with E-state index in [1.165, 1.54) is 4.90 Å². The van der Waals surface area contributed by atoms with Gasteiger partial charge in [-0.1, -0.05) is 72.8 Å². The zero-order valence-electron chi connectivity index (χ0n) is 16.9. The van der Waals surface area contributed by atoms with E-state index in [-0.39, 0.29) is 29.9 Å². The predicted molar refractivity (Wildman–Crippen MR) is 112 cm³/mol. The lowest BCUT2D eigenvalue weighted by Gasteiger charge is -2.40. The normalized spacial score (nSPS) is 29.9. The molecule has 0 N–H and O–H groups in total. The first kappa shape index (κ1) is 18.2. The zero-order chi connectivity index (χ0) is 20.2. The van der Waals surface area contributed by atoms with E-state index in [0.717, 1.165) is 24.0 Å². The van der Waals surface area contributed by atoms with Crippen molar-refractivity contribution in [3.8, 4) is 0 Å². The lowest BCUT2D eigenvalue weighted by atomic mass is 9.81. The van der Waals surface area contributed by atoms with E-state index in [9.17, 15) is 9.59 Å². The molecule has 4 heteroatoms. The van der Waals surface area contributed by atoms with Gasteiger partial charge in [-0.25, -0.2) is 4.79 Å². The van der Waals surface area contributed by atoms with Crippen LogP contribution in [0, 0.1) is 11.8 Å². The summed E-state index contributed by atoms with van der Waals surface area (Å²) in [5.74, 6) is 0.454. The fourth-order valence-electron chi connectivity index (χ4n) is 5.65. The molecule has 0 radical (unpaired) electrons. The van der Waals surface area contributed by atoms with E-state index < -0.39 is 5.54 Å². The van der Waals surface area contributed by atoms with Gasteiger partial charge >= 0.3 is 6.03 Å². The van der Waals surface area contributed by atoms with Gasteiger partial charge in [0.05, 0.1) is 12.1 Å². The van der Waals surface area contributed by atoms with Crippen molar-refractivity contribution in [1.29, 1.82) is 0 Å². The van der Waals surface area contributed by atoms with Gasteiger partial charge in [0.1, 0.15) is 5.54 Å². The Hall–Kier alpha value is -2.88. The Labute approximate surface area is 171 Å². The van der Waals surface area contributed by atoms with Crippen LogP contribution in [-0.4, -0.2) is 27.3 Å². The number of carbonyl (C=O) groups is 2. The van der Waals surface area contributed by atoms with Gasteiger partial charge in [-0.15, -0.1) is 0 Å². The molecule has 2 aromatic rings. The van der Waals surface area contributed by atoms with Crippen LogP contribution in [0.15, 0.2) is 72.8 Å². The van der Waals surface area contributed by atoms with Crippen LogP contribution >= 0.6 is 0 Å². The third-order valence-electron chi connectivity index (χ3n) is 7.13. The number of hydrogen-bond donors (Lipinski definition) is 0. The van der Waals surface area contributed by atoms with Crippen LogP contribution in [-0.2, 0) is 4.79 Å². The first-order chi connectivity index (χ1) is 14.0. The highest BCUT2D eigenvalue weighted by atomic mass is 16.2. The number of amides is 3. The number of hydrogen-bond acceptors (Lipinski definition) is 2. The fraction of sp³-hybridized carbons (Fsp3) is 0.360. The van der Waals surface area contributed by atoms with E-state index in [4.69, 9.17) is 0 Å². The molecule has 2 aromatic carbocycles. The summed E-state index contributed by atoms with van der Waals surface area (Å²) in [7, 11) is 0. The van der Waals surface area contributed by atoms with E-state index in [0.29, 0.717) is 5.92 Å². The Balaban J connectivity index is 1.60. The SMILES string of the molecule is C[C@@H](c1ccccc1)N1C(=O)N([C@@H](C)c2ccccc2)[C@]2(C[C@@H]3C=C[C@H]2C3)C1=O. The van der Waals surface area contributed by atoms with Crippen molar-refractivity contribution >= 4 is 11.9 Å². The molecule has 2 fully saturated rings. The maximum atomic E-state index is 13.9. The molecular weight excluding hydrogens is 360 g/mol. The summed E-state index contributed by atoms with van der Waals surface area (Å²) >= 11 is 0. The molecule has 2 aliphatic carbocycles. The van der Waals surface area contributed by atoms with Gasteiger partial charge in [-0.2, -0.15) is 0 Å². The van der Waals surface area contributed by atoms with Gasteiger partial charge in [0.2, 0.25) is 0 Å². The second kappa shape index (κ2) is 6.58. The topological polar surface area (TPSA) is 40.6 Å². The minimum absolute atomic E-state index is 0.0292. The minimum atomic E-state index is -0.755. The van der Waals surface area contributed by atoms with Crippen molar-refractivity contribution in [3.63, 3.8) is 0 Å². The number of urea groups is 1. The standard InChI is InChI=1S/C25H26N2O2/c1-17(20-9-5-3-6-10-20)26-23(28)25(16-19-13-14-22(25)15-19)27(24(26)29)18(2)21-11-7-4-8-12-21/h3-14,17-19,22H,15-16H2,1-2H3/t17-,18-,19+,22-,25-/m0/s1. The Kier molecular flexibility index (Phi) is 4.12. The third kappa shape index (κ3) is 2.51. The van der Waals surface area contributed by atoms with Crippen LogP contribution in [0.4, 0.5) is 4.79 Å². The predicted octanol–water partition coefficient (Wildman–Crippen LogP) is 5.11. The molecule has 148 valence electrons. The average molecular weight is 386 g/mol. The lowest BCUT2D eigenvalue weighted by molar-refractivity contribution is -0.136. The summed E-state index contributed by atoms with van der Waals surface area (Å²) in [5.41, 5.74) is 1.29. The van der Waals surface area contributed by atoms with Crippen LogP contribution in [0.25, 0.3) is 0 Å².